The zero-order valence-electron chi connectivity index (χ0n) is 18.5. The van der Waals surface area contributed by atoms with Gasteiger partial charge in [0.15, 0.2) is 0 Å². The second kappa shape index (κ2) is 12.7. The van der Waals surface area contributed by atoms with Gasteiger partial charge in [-0.3, -0.25) is 4.79 Å². The molecule has 2 unspecified atom stereocenters. The molecular formula is C25H31NO6. The molecule has 7 heteroatoms. The Kier molecular flexibility index (Phi) is 9.94. The SMILES string of the molecule is C=CC(=O)NCC(O)COc1ccc(C(=C(C)C)c2ccc(OCC(O)CO)cc2)cc1. The fourth-order valence-corrected chi connectivity index (χ4v) is 2.97. The lowest BCUT2D eigenvalue weighted by Gasteiger charge is -2.15. The molecule has 0 radical (unpaired) electrons. The Balaban J connectivity index is 2.01. The highest BCUT2D eigenvalue weighted by Gasteiger charge is 2.10. The van der Waals surface area contributed by atoms with Crippen LogP contribution in [0.3, 0.4) is 0 Å². The lowest BCUT2D eigenvalue weighted by atomic mass is 9.94. The number of allylic oxidation sites excluding steroid dienone is 1. The summed E-state index contributed by atoms with van der Waals surface area (Å²) in [6, 6.07) is 15.1. The van der Waals surface area contributed by atoms with Crippen molar-refractivity contribution in [3.8, 4) is 11.5 Å². The summed E-state index contributed by atoms with van der Waals surface area (Å²) < 4.78 is 11.1. The number of benzene rings is 2. The molecule has 0 fully saturated rings. The van der Waals surface area contributed by atoms with Crippen LogP contribution in [0.15, 0.2) is 66.8 Å². The molecule has 0 aromatic heterocycles. The fourth-order valence-electron chi connectivity index (χ4n) is 2.97. The van der Waals surface area contributed by atoms with Gasteiger partial charge < -0.3 is 30.1 Å². The number of amides is 1. The highest BCUT2D eigenvalue weighted by atomic mass is 16.5. The summed E-state index contributed by atoms with van der Waals surface area (Å²) in [7, 11) is 0. The van der Waals surface area contributed by atoms with Gasteiger partial charge in [0.05, 0.1) is 6.61 Å². The molecule has 2 aromatic rings. The number of rotatable bonds is 12. The lowest BCUT2D eigenvalue weighted by molar-refractivity contribution is -0.117. The van der Waals surface area contributed by atoms with Gasteiger partial charge in [-0.1, -0.05) is 36.4 Å². The van der Waals surface area contributed by atoms with Gasteiger partial charge in [-0.25, -0.2) is 0 Å². The van der Waals surface area contributed by atoms with Crippen molar-refractivity contribution >= 4 is 11.5 Å². The molecule has 2 rings (SSSR count). The third kappa shape index (κ3) is 7.85. The first-order valence-electron chi connectivity index (χ1n) is 10.3. The Hall–Kier alpha value is -3.13. The van der Waals surface area contributed by atoms with Crippen molar-refractivity contribution in [2.24, 2.45) is 0 Å². The second-order valence-corrected chi connectivity index (χ2v) is 7.49. The maximum Gasteiger partial charge on any atom is 0.243 e. The molecule has 1 amide bonds. The van der Waals surface area contributed by atoms with Crippen LogP contribution in [-0.2, 0) is 4.79 Å². The first-order valence-corrected chi connectivity index (χ1v) is 10.3. The van der Waals surface area contributed by atoms with Crippen molar-refractivity contribution in [1.29, 1.82) is 0 Å². The number of hydrogen-bond acceptors (Lipinski definition) is 6. The van der Waals surface area contributed by atoms with Crippen LogP contribution >= 0.6 is 0 Å². The van der Waals surface area contributed by atoms with Gasteiger partial charge in [0.1, 0.15) is 36.9 Å². The smallest absolute Gasteiger partial charge is 0.243 e. The van der Waals surface area contributed by atoms with E-state index < -0.39 is 12.2 Å². The van der Waals surface area contributed by atoms with Crippen LogP contribution in [0.4, 0.5) is 0 Å². The maximum absolute atomic E-state index is 11.1. The molecule has 0 aliphatic rings. The molecule has 2 atom stereocenters. The molecule has 4 N–H and O–H groups in total. The number of hydrogen-bond donors (Lipinski definition) is 4. The summed E-state index contributed by atoms with van der Waals surface area (Å²) in [5, 5.41) is 30.7. The zero-order chi connectivity index (χ0) is 23.5. The largest absolute Gasteiger partial charge is 0.491 e. The summed E-state index contributed by atoms with van der Waals surface area (Å²) in [6.45, 7) is 7.26. The van der Waals surface area contributed by atoms with Crippen molar-refractivity contribution in [2.75, 3.05) is 26.4 Å². The molecule has 0 saturated carbocycles. The minimum absolute atomic E-state index is 0.0299. The molecule has 32 heavy (non-hydrogen) atoms. The van der Waals surface area contributed by atoms with E-state index in [1.54, 1.807) is 0 Å². The molecule has 0 aliphatic heterocycles. The predicted octanol–water partition coefficient (Wildman–Crippen LogP) is 2.30. The van der Waals surface area contributed by atoms with Crippen LogP contribution in [0.2, 0.25) is 0 Å². The average Bonchev–Trinajstić information content (AvgIpc) is 2.81. The van der Waals surface area contributed by atoms with Gasteiger partial charge in [0, 0.05) is 6.54 Å². The molecule has 0 bridgehead atoms. The van der Waals surface area contributed by atoms with E-state index >= 15 is 0 Å². The summed E-state index contributed by atoms with van der Waals surface area (Å²) in [6.07, 6.45) is -0.586. The van der Waals surface area contributed by atoms with Crippen LogP contribution < -0.4 is 14.8 Å². The quantitative estimate of drug-likeness (QED) is 0.377. The Labute approximate surface area is 188 Å². The standard InChI is InChI=1S/C25H31NO6/c1-4-24(30)26-13-20(28)15-31-22-9-5-18(6-10-22)25(17(2)3)19-7-11-23(12-8-19)32-16-21(29)14-27/h4-12,20-21,27-29H,1,13-16H2,2-3H3,(H,26,30). The van der Waals surface area contributed by atoms with Crippen LogP contribution in [0.1, 0.15) is 25.0 Å². The van der Waals surface area contributed by atoms with Gasteiger partial charge in [-0.05, 0) is 60.9 Å². The Morgan fingerprint density at radius 1 is 0.938 bits per heavy atom. The molecule has 0 spiro atoms. The number of aliphatic hydroxyl groups is 3. The number of nitrogens with one attached hydrogen (secondary N) is 1. The molecule has 7 nitrogen and oxygen atoms in total. The Morgan fingerprint density at radius 2 is 1.41 bits per heavy atom. The van der Waals surface area contributed by atoms with E-state index in [-0.39, 0.29) is 32.3 Å². The van der Waals surface area contributed by atoms with E-state index in [1.807, 2.05) is 62.4 Å². The van der Waals surface area contributed by atoms with Gasteiger partial charge in [-0.2, -0.15) is 0 Å². The summed E-state index contributed by atoms with van der Waals surface area (Å²) in [5.41, 5.74) is 4.24. The zero-order valence-corrected chi connectivity index (χ0v) is 18.5. The summed E-state index contributed by atoms with van der Waals surface area (Å²) in [4.78, 5) is 11.1. The Morgan fingerprint density at radius 3 is 1.81 bits per heavy atom. The number of carbonyl (C=O) groups excluding carboxylic acids is 1. The van der Waals surface area contributed by atoms with Gasteiger partial charge >= 0.3 is 0 Å². The molecular weight excluding hydrogens is 410 g/mol. The van der Waals surface area contributed by atoms with E-state index in [0.29, 0.717) is 11.5 Å². The van der Waals surface area contributed by atoms with E-state index in [4.69, 9.17) is 14.6 Å². The maximum atomic E-state index is 11.1. The lowest BCUT2D eigenvalue weighted by Crippen LogP contribution is -2.34. The molecule has 0 aliphatic carbocycles. The van der Waals surface area contributed by atoms with Crippen molar-refractivity contribution in [1.82, 2.24) is 5.32 Å². The van der Waals surface area contributed by atoms with E-state index in [0.717, 1.165) is 28.3 Å². The number of ether oxygens (including phenoxy) is 2. The summed E-state index contributed by atoms with van der Waals surface area (Å²) in [5.74, 6) is 0.882. The topological polar surface area (TPSA) is 108 Å². The molecule has 172 valence electrons. The van der Waals surface area contributed by atoms with Crippen LogP contribution in [0.5, 0.6) is 11.5 Å². The molecule has 0 heterocycles. The highest BCUT2D eigenvalue weighted by molar-refractivity contribution is 5.86. The molecule has 0 saturated heterocycles. The Bertz CT molecular complexity index is 901. The van der Waals surface area contributed by atoms with Crippen molar-refractivity contribution < 1.29 is 29.6 Å². The first kappa shape index (κ1) is 25.1. The van der Waals surface area contributed by atoms with Crippen molar-refractivity contribution in [3.63, 3.8) is 0 Å². The van der Waals surface area contributed by atoms with E-state index in [9.17, 15) is 15.0 Å². The predicted molar refractivity (Wildman–Crippen MR) is 124 cm³/mol. The van der Waals surface area contributed by atoms with Crippen LogP contribution in [0.25, 0.3) is 5.57 Å². The van der Waals surface area contributed by atoms with Crippen LogP contribution in [0, 0.1) is 0 Å². The first-order chi connectivity index (χ1) is 15.3. The van der Waals surface area contributed by atoms with Crippen molar-refractivity contribution in [2.45, 2.75) is 26.1 Å². The van der Waals surface area contributed by atoms with Gasteiger partial charge in [0.2, 0.25) is 5.91 Å². The third-order valence-corrected chi connectivity index (χ3v) is 4.58. The minimum atomic E-state index is -0.907. The minimum Gasteiger partial charge on any atom is -0.491 e. The second-order valence-electron chi connectivity index (χ2n) is 7.49. The fraction of sp³-hybridized carbons (Fsp3) is 0.320. The number of carbonyl (C=O) groups is 1. The monoisotopic (exact) mass is 441 g/mol. The van der Waals surface area contributed by atoms with E-state index in [1.165, 1.54) is 0 Å². The van der Waals surface area contributed by atoms with Gasteiger partial charge in [0.25, 0.3) is 0 Å². The average molecular weight is 442 g/mol. The van der Waals surface area contributed by atoms with Crippen LogP contribution in [-0.4, -0.2) is 59.8 Å². The van der Waals surface area contributed by atoms with Crippen molar-refractivity contribution in [3.05, 3.63) is 77.9 Å². The van der Waals surface area contributed by atoms with Gasteiger partial charge in [-0.15, -0.1) is 0 Å². The molecule has 2 aromatic carbocycles. The number of aliphatic hydroxyl groups excluding tert-OH is 3. The summed E-state index contributed by atoms with van der Waals surface area (Å²) >= 11 is 0. The normalized spacial score (nSPS) is 12.4. The third-order valence-electron chi connectivity index (χ3n) is 4.58. The van der Waals surface area contributed by atoms with E-state index in [2.05, 4.69) is 11.9 Å². The highest BCUT2D eigenvalue weighted by Crippen LogP contribution is 2.29.